The minimum Gasteiger partial charge on any atom is -0.490 e. The van der Waals surface area contributed by atoms with E-state index >= 15 is 0 Å². The number of para-hydroxylation sites is 1. The lowest BCUT2D eigenvalue weighted by atomic mass is 10.1. The number of thiocarbonyl (C=S) groups is 1. The maximum Gasteiger partial charge on any atom is 0.265 e. The molecule has 0 spiro atoms. The van der Waals surface area contributed by atoms with Crippen molar-refractivity contribution in [1.82, 2.24) is 4.90 Å². The van der Waals surface area contributed by atoms with Crippen molar-refractivity contribution in [2.75, 3.05) is 26.9 Å². The van der Waals surface area contributed by atoms with Crippen LogP contribution in [-0.4, -0.2) is 42.0 Å². The van der Waals surface area contributed by atoms with Crippen molar-refractivity contribution in [3.63, 3.8) is 0 Å². The number of halogens is 1. The Morgan fingerprint density at radius 3 is 2.32 bits per heavy atom. The molecule has 1 aliphatic heterocycles. The predicted molar refractivity (Wildman–Crippen MR) is 133 cm³/mol. The first-order chi connectivity index (χ1) is 14.8. The van der Waals surface area contributed by atoms with Gasteiger partial charge < -0.3 is 14.2 Å². The molecule has 8 heteroatoms. The standard InChI is InChI=1S/C23H24BrNO4S2/c1-5-27-18-12-16(13-19-22(26)25(4)23(30)31-19)11-17(24)21(18)29-10-9-28-20-14(2)7-6-8-15(20)3/h6-8,11-13H,5,9-10H2,1-4H3. The van der Waals surface area contributed by atoms with Gasteiger partial charge >= 0.3 is 0 Å². The van der Waals surface area contributed by atoms with E-state index in [1.54, 1.807) is 7.05 Å². The summed E-state index contributed by atoms with van der Waals surface area (Å²) >= 11 is 10.1. The minimum atomic E-state index is -0.104. The smallest absolute Gasteiger partial charge is 0.265 e. The van der Waals surface area contributed by atoms with Crippen LogP contribution in [0, 0.1) is 13.8 Å². The molecule has 0 N–H and O–H groups in total. The highest BCUT2D eigenvalue weighted by molar-refractivity contribution is 9.10. The molecular weight excluding hydrogens is 498 g/mol. The molecule has 0 atom stereocenters. The molecule has 0 unspecified atom stereocenters. The van der Waals surface area contributed by atoms with Crippen LogP contribution in [0.25, 0.3) is 6.08 Å². The van der Waals surface area contributed by atoms with Gasteiger partial charge in [0, 0.05) is 7.05 Å². The number of aryl methyl sites for hydroxylation is 2. The van der Waals surface area contributed by atoms with E-state index in [2.05, 4.69) is 15.9 Å². The molecule has 164 valence electrons. The first-order valence-electron chi connectivity index (χ1n) is 9.81. The second kappa shape index (κ2) is 10.5. The molecule has 1 heterocycles. The summed E-state index contributed by atoms with van der Waals surface area (Å²) in [4.78, 5) is 14.3. The third-order valence-corrected chi connectivity index (χ3v) is 6.67. The molecule has 0 radical (unpaired) electrons. The van der Waals surface area contributed by atoms with Crippen molar-refractivity contribution in [1.29, 1.82) is 0 Å². The van der Waals surface area contributed by atoms with Gasteiger partial charge in [-0.05, 0) is 71.6 Å². The van der Waals surface area contributed by atoms with E-state index in [9.17, 15) is 4.79 Å². The zero-order chi connectivity index (χ0) is 22.5. The van der Waals surface area contributed by atoms with Gasteiger partial charge in [0.1, 0.15) is 23.3 Å². The minimum absolute atomic E-state index is 0.104. The number of carbonyl (C=O) groups excluding carboxylic acids is 1. The summed E-state index contributed by atoms with van der Waals surface area (Å²) in [6, 6.07) is 9.82. The average molecular weight is 522 g/mol. The van der Waals surface area contributed by atoms with Gasteiger partial charge in [-0.1, -0.05) is 42.2 Å². The zero-order valence-corrected chi connectivity index (χ0v) is 21.1. The van der Waals surface area contributed by atoms with E-state index in [1.807, 2.05) is 57.2 Å². The Hall–Kier alpha value is -2.03. The average Bonchev–Trinajstić information content (AvgIpc) is 2.95. The summed E-state index contributed by atoms with van der Waals surface area (Å²) in [5.74, 6) is 1.99. The van der Waals surface area contributed by atoms with E-state index in [4.69, 9.17) is 26.4 Å². The molecule has 31 heavy (non-hydrogen) atoms. The lowest BCUT2D eigenvalue weighted by Crippen LogP contribution is -2.22. The summed E-state index contributed by atoms with van der Waals surface area (Å²) in [5.41, 5.74) is 3.01. The van der Waals surface area contributed by atoms with Crippen LogP contribution in [0.5, 0.6) is 17.2 Å². The highest BCUT2D eigenvalue weighted by Crippen LogP contribution is 2.39. The largest absolute Gasteiger partial charge is 0.490 e. The summed E-state index contributed by atoms with van der Waals surface area (Å²) in [7, 11) is 1.68. The van der Waals surface area contributed by atoms with E-state index in [0.717, 1.165) is 26.9 Å². The molecule has 2 aromatic carbocycles. The summed E-state index contributed by atoms with van der Waals surface area (Å²) in [6.45, 7) is 7.22. The van der Waals surface area contributed by atoms with Gasteiger partial charge in [-0.3, -0.25) is 9.69 Å². The number of rotatable bonds is 8. The molecule has 0 aromatic heterocycles. The van der Waals surface area contributed by atoms with Crippen LogP contribution in [0.1, 0.15) is 23.6 Å². The maximum atomic E-state index is 12.3. The highest BCUT2D eigenvalue weighted by Gasteiger charge is 2.28. The number of nitrogens with zero attached hydrogens (tertiary/aromatic N) is 1. The molecule has 1 saturated heterocycles. The molecule has 5 nitrogen and oxygen atoms in total. The van der Waals surface area contributed by atoms with E-state index < -0.39 is 0 Å². The fourth-order valence-corrected chi connectivity index (χ4v) is 4.84. The monoisotopic (exact) mass is 521 g/mol. The number of amides is 1. The molecule has 0 saturated carbocycles. The lowest BCUT2D eigenvalue weighted by molar-refractivity contribution is -0.121. The Balaban J connectivity index is 1.73. The Morgan fingerprint density at radius 2 is 1.74 bits per heavy atom. The van der Waals surface area contributed by atoms with Crippen molar-refractivity contribution in [2.45, 2.75) is 20.8 Å². The predicted octanol–water partition coefficient (Wildman–Crippen LogP) is 5.75. The SMILES string of the molecule is CCOc1cc(C=C2SC(=S)N(C)C2=O)cc(Br)c1OCCOc1c(C)cccc1C. The first-order valence-corrected chi connectivity index (χ1v) is 11.8. The second-order valence-electron chi connectivity index (χ2n) is 6.92. The number of hydrogen-bond acceptors (Lipinski definition) is 6. The summed E-state index contributed by atoms with van der Waals surface area (Å²) < 4.78 is 19.0. The number of hydrogen-bond donors (Lipinski definition) is 0. The van der Waals surface area contributed by atoms with Crippen LogP contribution in [0.4, 0.5) is 0 Å². The normalized spacial score (nSPS) is 15.0. The third-order valence-electron chi connectivity index (χ3n) is 4.60. The van der Waals surface area contributed by atoms with Crippen LogP contribution in [0.15, 0.2) is 39.7 Å². The van der Waals surface area contributed by atoms with Crippen LogP contribution >= 0.6 is 39.9 Å². The van der Waals surface area contributed by atoms with Gasteiger partial charge in [0.25, 0.3) is 5.91 Å². The van der Waals surface area contributed by atoms with Gasteiger partial charge in [-0.2, -0.15) is 0 Å². The summed E-state index contributed by atoms with van der Waals surface area (Å²) in [6.07, 6.45) is 1.81. The van der Waals surface area contributed by atoms with E-state index in [-0.39, 0.29) is 5.91 Å². The summed E-state index contributed by atoms with van der Waals surface area (Å²) in [5, 5.41) is 0. The van der Waals surface area contributed by atoms with Gasteiger partial charge in [0.15, 0.2) is 11.5 Å². The topological polar surface area (TPSA) is 48.0 Å². The van der Waals surface area contributed by atoms with Crippen LogP contribution in [0.3, 0.4) is 0 Å². The second-order valence-corrected chi connectivity index (χ2v) is 9.45. The van der Waals surface area contributed by atoms with Crippen LogP contribution in [0.2, 0.25) is 0 Å². The Bertz CT molecular complexity index is 1020. The molecule has 3 rings (SSSR count). The number of ether oxygens (including phenoxy) is 3. The Kier molecular flexibility index (Phi) is 8.02. The molecule has 1 fully saturated rings. The van der Waals surface area contributed by atoms with Crippen molar-refractivity contribution >= 4 is 56.2 Å². The Morgan fingerprint density at radius 1 is 1.10 bits per heavy atom. The number of benzene rings is 2. The lowest BCUT2D eigenvalue weighted by Gasteiger charge is -2.16. The van der Waals surface area contributed by atoms with Crippen molar-refractivity contribution in [3.05, 3.63) is 56.4 Å². The van der Waals surface area contributed by atoms with Crippen molar-refractivity contribution < 1.29 is 19.0 Å². The molecular formula is C23H24BrNO4S2. The molecule has 0 bridgehead atoms. The van der Waals surface area contributed by atoms with Crippen LogP contribution < -0.4 is 14.2 Å². The quantitative estimate of drug-likeness (QED) is 0.250. The fourth-order valence-electron chi connectivity index (χ4n) is 3.09. The Labute approximate surface area is 200 Å². The number of likely N-dealkylation sites (N-methyl/N-ethyl adjacent to an activating group) is 1. The van der Waals surface area contributed by atoms with Crippen molar-refractivity contribution in [3.8, 4) is 17.2 Å². The van der Waals surface area contributed by atoms with E-state index in [1.165, 1.54) is 16.7 Å². The maximum absolute atomic E-state index is 12.3. The molecule has 2 aromatic rings. The van der Waals surface area contributed by atoms with Crippen molar-refractivity contribution in [2.24, 2.45) is 0 Å². The molecule has 1 aliphatic rings. The molecule has 0 aliphatic carbocycles. The number of carbonyl (C=O) groups is 1. The number of thioether (sulfide) groups is 1. The van der Waals surface area contributed by atoms with Gasteiger partial charge in [-0.25, -0.2) is 0 Å². The van der Waals surface area contributed by atoms with Gasteiger partial charge in [0.2, 0.25) is 0 Å². The highest BCUT2D eigenvalue weighted by atomic mass is 79.9. The van der Waals surface area contributed by atoms with Gasteiger partial charge in [0.05, 0.1) is 16.0 Å². The van der Waals surface area contributed by atoms with Crippen LogP contribution in [-0.2, 0) is 4.79 Å². The third kappa shape index (κ3) is 5.61. The molecule has 1 amide bonds. The van der Waals surface area contributed by atoms with Gasteiger partial charge in [-0.15, -0.1) is 0 Å². The first kappa shape index (κ1) is 23.6. The fraction of sp³-hybridized carbons (Fsp3) is 0.304. The zero-order valence-electron chi connectivity index (χ0n) is 17.9. The van der Waals surface area contributed by atoms with E-state index in [0.29, 0.717) is 40.5 Å².